The summed E-state index contributed by atoms with van der Waals surface area (Å²) in [7, 11) is 0. The van der Waals surface area contributed by atoms with Gasteiger partial charge in [0.05, 0.1) is 5.56 Å². The number of amides is 1. The number of nitrogens with zero attached hydrogens (tertiary/aromatic N) is 7. The van der Waals surface area contributed by atoms with Crippen molar-refractivity contribution >= 4 is 39.6 Å². The van der Waals surface area contributed by atoms with Gasteiger partial charge in [0, 0.05) is 29.5 Å². The first-order chi connectivity index (χ1) is 18.2. The lowest BCUT2D eigenvalue weighted by Crippen LogP contribution is -2.22. The lowest BCUT2D eigenvalue weighted by Gasteiger charge is -2.11. The third-order valence-corrected chi connectivity index (χ3v) is 5.71. The Morgan fingerprint density at radius 1 is 0.892 bits per heavy atom. The Morgan fingerprint density at radius 2 is 1.65 bits per heavy atom. The summed E-state index contributed by atoms with van der Waals surface area (Å²) in [6.45, 7) is 0. The number of hydrogen-bond acceptors (Lipinski definition) is 7. The SMILES string of the molecule is O=C(Nc1ccccc1)c1cc2ccccc2c(N=Nc2n[n+]3ccccc3n2-c2ncccn2)c1O. The number of aromatic hydroxyl groups is 1. The molecule has 3 heterocycles. The van der Waals surface area contributed by atoms with Gasteiger partial charge >= 0.3 is 17.5 Å². The normalized spacial score (nSPS) is 11.4. The van der Waals surface area contributed by atoms with Gasteiger partial charge in [-0.25, -0.2) is 0 Å². The van der Waals surface area contributed by atoms with Crippen molar-refractivity contribution in [2.24, 2.45) is 10.2 Å². The van der Waals surface area contributed by atoms with E-state index in [1.807, 2.05) is 54.6 Å². The molecule has 0 bridgehead atoms. The van der Waals surface area contributed by atoms with Crippen molar-refractivity contribution in [2.75, 3.05) is 5.32 Å². The Hall–Kier alpha value is -5.51. The predicted octanol–water partition coefficient (Wildman–Crippen LogP) is 4.93. The van der Waals surface area contributed by atoms with Crippen LogP contribution < -0.4 is 9.83 Å². The fourth-order valence-corrected chi connectivity index (χ4v) is 4.00. The molecule has 0 saturated heterocycles. The Morgan fingerprint density at radius 3 is 2.49 bits per heavy atom. The zero-order chi connectivity index (χ0) is 25.2. The molecule has 178 valence electrons. The smallest absolute Gasteiger partial charge is 0.385 e. The number of azo groups is 1. The van der Waals surface area contributed by atoms with Crippen LogP contribution in [0.4, 0.5) is 17.3 Å². The third kappa shape index (κ3) is 4.12. The molecular weight excluding hydrogens is 468 g/mol. The number of para-hydroxylation sites is 1. The van der Waals surface area contributed by atoms with Crippen LogP contribution in [-0.2, 0) is 0 Å². The number of benzene rings is 3. The van der Waals surface area contributed by atoms with Crippen LogP contribution in [0.3, 0.4) is 0 Å². The van der Waals surface area contributed by atoms with Gasteiger partial charge in [-0.3, -0.25) is 4.79 Å². The van der Waals surface area contributed by atoms with Crippen molar-refractivity contribution in [1.29, 1.82) is 0 Å². The highest BCUT2D eigenvalue weighted by Crippen LogP contribution is 2.39. The summed E-state index contributed by atoms with van der Waals surface area (Å²) in [5.74, 6) is -0.198. The first kappa shape index (κ1) is 22.0. The molecule has 3 aromatic carbocycles. The molecule has 3 aromatic heterocycles. The van der Waals surface area contributed by atoms with Gasteiger partial charge < -0.3 is 10.4 Å². The number of rotatable bonds is 5. The molecule has 0 atom stereocenters. The second-order valence-electron chi connectivity index (χ2n) is 8.05. The molecule has 0 fully saturated rings. The van der Waals surface area contributed by atoms with Crippen molar-refractivity contribution in [3.05, 3.63) is 109 Å². The van der Waals surface area contributed by atoms with Gasteiger partial charge in [0.2, 0.25) is 0 Å². The van der Waals surface area contributed by atoms with Crippen molar-refractivity contribution in [1.82, 2.24) is 19.6 Å². The summed E-state index contributed by atoms with van der Waals surface area (Å²) in [6.07, 6.45) is 5.02. The number of fused-ring (bicyclic) bond motifs is 2. The van der Waals surface area contributed by atoms with E-state index in [9.17, 15) is 9.90 Å². The van der Waals surface area contributed by atoms with E-state index in [1.54, 1.807) is 58.0 Å². The largest absolute Gasteiger partial charge is 0.505 e. The van der Waals surface area contributed by atoms with E-state index in [0.29, 0.717) is 22.7 Å². The van der Waals surface area contributed by atoms with Gasteiger partial charge in [0.15, 0.2) is 5.75 Å². The first-order valence-corrected chi connectivity index (χ1v) is 11.4. The Kier molecular flexibility index (Phi) is 5.51. The fourth-order valence-electron chi connectivity index (χ4n) is 4.00. The van der Waals surface area contributed by atoms with E-state index >= 15 is 0 Å². The van der Waals surface area contributed by atoms with E-state index in [2.05, 4.69) is 30.6 Å². The van der Waals surface area contributed by atoms with Crippen molar-refractivity contribution in [2.45, 2.75) is 0 Å². The van der Waals surface area contributed by atoms with Crippen molar-refractivity contribution in [3.63, 3.8) is 0 Å². The summed E-state index contributed by atoms with van der Waals surface area (Å²) in [5.41, 5.74) is 1.50. The van der Waals surface area contributed by atoms with Crippen LogP contribution in [0.5, 0.6) is 5.75 Å². The summed E-state index contributed by atoms with van der Waals surface area (Å²) in [4.78, 5) is 21.7. The Balaban J connectivity index is 1.48. The molecule has 0 unspecified atom stereocenters. The summed E-state index contributed by atoms with van der Waals surface area (Å²) in [5, 5.41) is 28.6. The molecule has 2 N–H and O–H groups in total. The number of pyridine rings is 1. The van der Waals surface area contributed by atoms with E-state index in [4.69, 9.17) is 0 Å². The quantitative estimate of drug-likeness (QED) is 0.264. The average molecular weight is 488 g/mol. The van der Waals surface area contributed by atoms with Crippen LogP contribution in [0.1, 0.15) is 10.4 Å². The van der Waals surface area contributed by atoms with Gasteiger partial charge in [-0.05, 0) is 40.8 Å². The topological polar surface area (TPSA) is 122 Å². The second-order valence-corrected chi connectivity index (χ2v) is 8.05. The maximum atomic E-state index is 13.1. The molecule has 0 aliphatic heterocycles. The summed E-state index contributed by atoms with van der Waals surface area (Å²) >= 11 is 0. The van der Waals surface area contributed by atoms with Crippen LogP contribution in [0.25, 0.3) is 22.4 Å². The Bertz CT molecular complexity index is 1780. The number of nitrogens with one attached hydrogen (secondary N) is 1. The average Bonchev–Trinajstić information content (AvgIpc) is 3.31. The number of hydrogen-bond donors (Lipinski definition) is 2. The zero-order valence-corrected chi connectivity index (χ0v) is 19.3. The molecule has 10 heteroatoms. The summed E-state index contributed by atoms with van der Waals surface area (Å²) in [6, 6.07) is 25.2. The zero-order valence-electron chi connectivity index (χ0n) is 19.3. The van der Waals surface area contributed by atoms with Gasteiger partial charge in [-0.15, -0.1) is 9.68 Å². The lowest BCUT2D eigenvalue weighted by molar-refractivity contribution is -0.576. The highest BCUT2D eigenvalue weighted by atomic mass is 16.3. The molecule has 0 radical (unpaired) electrons. The van der Waals surface area contributed by atoms with Crippen molar-refractivity contribution in [3.8, 4) is 11.7 Å². The minimum atomic E-state index is -0.466. The maximum Gasteiger partial charge on any atom is 0.385 e. The van der Waals surface area contributed by atoms with Crippen molar-refractivity contribution < 1.29 is 14.4 Å². The van der Waals surface area contributed by atoms with E-state index in [0.717, 1.165) is 5.39 Å². The van der Waals surface area contributed by atoms with E-state index in [1.165, 1.54) is 0 Å². The minimum absolute atomic E-state index is 0.0748. The molecule has 0 spiro atoms. The molecule has 1 amide bonds. The first-order valence-electron chi connectivity index (χ1n) is 11.4. The molecule has 0 aliphatic rings. The molecule has 37 heavy (non-hydrogen) atoms. The standard InChI is InChI=1S/C27H18N8O2/c36-24-21(25(37)30-19-10-2-1-3-11-19)17-18-9-4-5-12-20(18)23(24)31-32-27-33-34-16-7-6-13-22(34)35(27)26-28-14-8-15-29-26/h1-17H,(H-,30,32,33,36,37)/p+1. The number of carbonyl (C=O) groups is 1. The number of carbonyl (C=O) groups excluding carboxylic acids is 1. The molecule has 10 nitrogen and oxygen atoms in total. The van der Waals surface area contributed by atoms with Crippen LogP contribution >= 0.6 is 0 Å². The molecule has 6 aromatic rings. The van der Waals surface area contributed by atoms with Gasteiger partial charge in [-0.2, -0.15) is 9.97 Å². The Labute approximate surface area is 210 Å². The minimum Gasteiger partial charge on any atom is -0.505 e. The molecular formula is C27H19N8O2+. The van der Waals surface area contributed by atoms with Crippen LogP contribution in [0.2, 0.25) is 0 Å². The maximum absolute atomic E-state index is 13.1. The number of phenols is 1. The van der Waals surface area contributed by atoms with Crippen LogP contribution in [0, 0.1) is 0 Å². The second kappa shape index (κ2) is 9.27. The highest BCUT2D eigenvalue weighted by molar-refractivity contribution is 6.11. The highest BCUT2D eigenvalue weighted by Gasteiger charge is 2.24. The van der Waals surface area contributed by atoms with Crippen LogP contribution in [0.15, 0.2) is 114 Å². The lowest BCUT2D eigenvalue weighted by atomic mass is 10.0. The fraction of sp³-hybridized carbons (Fsp3) is 0. The van der Waals surface area contributed by atoms with Gasteiger partial charge in [0.1, 0.15) is 11.9 Å². The number of phenolic OH excluding ortho intramolecular Hbond substituents is 1. The van der Waals surface area contributed by atoms with E-state index < -0.39 is 5.91 Å². The molecule has 6 rings (SSSR count). The number of anilines is 1. The van der Waals surface area contributed by atoms with Crippen LogP contribution in [-0.4, -0.2) is 30.6 Å². The number of aromatic nitrogens is 5. The van der Waals surface area contributed by atoms with Gasteiger partial charge in [-0.1, -0.05) is 58.2 Å². The monoisotopic (exact) mass is 487 g/mol. The summed E-state index contributed by atoms with van der Waals surface area (Å²) < 4.78 is 3.28. The van der Waals surface area contributed by atoms with E-state index in [-0.39, 0.29) is 22.9 Å². The third-order valence-electron chi connectivity index (χ3n) is 5.71. The predicted molar refractivity (Wildman–Crippen MR) is 136 cm³/mol. The molecule has 0 aliphatic carbocycles. The molecule has 0 saturated carbocycles. The van der Waals surface area contributed by atoms with Gasteiger partial charge in [0.25, 0.3) is 5.91 Å².